The van der Waals surface area contributed by atoms with E-state index in [-0.39, 0.29) is 72.4 Å². The molecule has 0 aromatic carbocycles. The average Bonchev–Trinajstić information content (AvgIpc) is 1.74. The number of nitrogens with one attached hydrogen (secondary N) is 4. The second kappa shape index (κ2) is 26.7. The van der Waals surface area contributed by atoms with Crippen LogP contribution >= 0.6 is 0 Å². The van der Waals surface area contributed by atoms with Gasteiger partial charge in [-0.3, -0.25) is 0 Å². The Labute approximate surface area is 528 Å². The van der Waals surface area contributed by atoms with Gasteiger partial charge in [-0.15, -0.1) is 0 Å². The number of hydrogen-bond acceptors (Lipinski definition) is 16. The maximum atomic E-state index is 11.4. The minimum absolute atomic E-state index is 0. The molecule has 21 heteroatoms. The van der Waals surface area contributed by atoms with Crippen LogP contribution in [-0.2, 0) is 53.1 Å². The van der Waals surface area contributed by atoms with E-state index < -0.39 is 48.3 Å². The predicted octanol–water partition coefficient (Wildman–Crippen LogP) is 6.88. The number of allylic oxidation sites excluding steroid dienone is 6. The number of hydrogen-bond donors (Lipinski definition) is 8. The molecule has 8 N–H and O–H groups in total. The van der Waals surface area contributed by atoms with E-state index in [1.807, 2.05) is 104 Å². The van der Waals surface area contributed by atoms with E-state index in [9.17, 15) is 60.0 Å². The number of rotatable bonds is 16. The summed E-state index contributed by atoms with van der Waals surface area (Å²) in [6.07, 6.45) is -3.13. The third-order valence-electron chi connectivity index (χ3n) is 17.3. The minimum Gasteiger partial charge on any atom is -0.550 e. The second-order valence-electron chi connectivity index (χ2n) is 23.3. The molecule has 0 spiro atoms. The largest absolute Gasteiger partial charge is 4.00 e. The quantitative estimate of drug-likeness (QED) is 0.0489. The topological polar surface area (TPSA) is 356 Å². The van der Waals surface area contributed by atoms with Crippen LogP contribution in [0.5, 0.6) is 0 Å². The van der Waals surface area contributed by atoms with Gasteiger partial charge in [0.1, 0.15) is 0 Å². The number of aromatic nitrogens is 8. The van der Waals surface area contributed by atoms with E-state index in [0.717, 1.165) is 77.9 Å². The first-order chi connectivity index (χ1) is 41.5. The fourth-order valence-electron chi connectivity index (χ4n) is 12.6. The van der Waals surface area contributed by atoms with Gasteiger partial charge in [0.05, 0.1) is 70.0 Å². The monoisotopic (exact) mass is 1390 g/mol. The van der Waals surface area contributed by atoms with E-state index >= 15 is 0 Å². The van der Waals surface area contributed by atoms with E-state index in [0.29, 0.717) is 101 Å². The molecule has 0 radical (unpaired) electrons. The van der Waals surface area contributed by atoms with Crippen LogP contribution in [0.1, 0.15) is 196 Å². The van der Waals surface area contributed by atoms with Crippen molar-refractivity contribution in [3.8, 4) is 0 Å². The molecule has 0 amide bonds. The van der Waals surface area contributed by atoms with Crippen LogP contribution in [0.3, 0.4) is 0 Å². The molecule has 20 nitrogen and oxygen atoms in total. The van der Waals surface area contributed by atoms with Crippen molar-refractivity contribution in [2.75, 3.05) is 0 Å². The summed E-state index contributed by atoms with van der Waals surface area (Å²) in [5.41, 5.74) is 22.6. The molecule has 0 aliphatic carbocycles. The zero-order valence-electron chi connectivity index (χ0n) is 51.7. The van der Waals surface area contributed by atoms with Crippen molar-refractivity contribution in [1.82, 2.24) is 39.9 Å². The van der Waals surface area contributed by atoms with Crippen LogP contribution in [0.2, 0.25) is 0 Å². The van der Waals surface area contributed by atoms with Crippen LogP contribution in [0.25, 0.3) is 88.7 Å². The van der Waals surface area contributed by atoms with Gasteiger partial charge in [0, 0.05) is 90.3 Å². The van der Waals surface area contributed by atoms with Gasteiger partial charge in [-0.25, -0.2) is 19.9 Å². The van der Waals surface area contributed by atoms with Gasteiger partial charge in [-0.2, -0.15) is 0 Å². The number of aliphatic hydroxyl groups excluding tert-OH is 4. The standard InChI is InChI=1S/2C34H38N4O6.Pt/c2*1-15-21(7-9-31(41)42)27-14-28-22(8-10-32(43)44)16(2)24(36-28)12-29-34(20(6)40)18(4)26(38-29)13-30-33(19(5)39)17(3)25(37-30)11-23(15)35-27;/h2*11-14,19-20,36-37,39-40H,7-10H2,1-6H3,(H,41,42)(H,43,44);/q;;+4/p-4. The molecule has 4 aliphatic heterocycles. The molecule has 466 valence electrons. The van der Waals surface area contributed by atoms with Crippen molar-refractivity contribution < 1.29 is 81.1 Å². The molecule has 4 atom stereocenters. The first-order valence-electron chi connectivity index (χ1n) is 29.4. The minimum atomic E-state index is -1.17. The van der Waals surface area contributed by atoms with Crippen LogP contribution in [0, 0.1) is 27.7 Å². The van der Waals surface area contributed by atoms with Crippen molar-refractivity contribution in [3.63, 3.8) is 0 Å². The SMILES string of the molecule is CC1=C(CCC(=O)[O-])c2cc3[nH]c(cc4nc(cc5[nH]c(cc1n2)c(C)c5C(C)O)C(C)=C4C(C)O)c(C)c3CCC(=O)[O-].CC1=C(CCC(=O)[O-])c2cc3[nH]c(cc4nc(cc5[nH]c(cc1n2)c(C)c5C(C)O)C(C)=C4C(C)O)c(C)c3CCC(=O)[O-].[Pt+4]. The number of nitrogens with zero attached hydrogens (tertiary/aromatic N) is 4. The Bertz CT molecular complexity index is 4130. The molecular formula is C68H72N8O12Pt. The van der Waals surface area contributed by atoms with Gasteiger partial charge in [-0.05, 0) is 250 Å². The first kappa shape index (κ1) is 66.6. The van der Waals surface area contributed by atoms with E-state index in [2.05, 4.69) is 19.9 Å². The number of aromatic amines is 4. The van der Waals surface area contributed by atoms with Crippen LogP contribution < -0.4 is 20.4 Å². The summed E-state index contributed by atoms with van der Waals surface area (Å²) in [5, 5.41) is 88.8. The Morgan fingerprint density at radius 3 is 0.933 bits per heavy atom. The number of aryl methyl sites for hydroxylation is 6. The Morgan fingerprint density at radius 2 is 0.618 bits per heavy atom. The summed E-state index contributed by atoms with van der Waals surface area (Å²) in [5.74, 6) is -4.68. The van der Waals surface area contributed by atoms with Gasteiger partial charge in [0.2, 0.25) is 0 Å². The third-order valence-corrected chi connectivity index (χ3v) is 17.3. The first-order valence-corrected chi connectivity index (χ1v) is 29.4. The van der Waals surface area contributed by atoms with Crippen molar-refractivity contribution >= 4 is 113 Å². The Balaban J connectivity index is 0.000000228. The van der Waals surface area contributed by atoms with E-state index in [1.165, 1.54) is 0 Å². The van der Waals surface area contributed by atoms with Gasteiger partial charge in [-0.1, -0.05) is 0 Å². The maximum Gasteiger partial charge on any atom is 4.00 e. The Morgan fingerprint density at radius 1 is 0.360 bits per heavy atom. The smallest absolute Gasteiger partial charge is 0.550 e. The predicted molar refractivity (Wildman–Crippen MR) is 331 cm³/mol. The fraction of sp³-hybridized carbons (Fsp3) is 0.353. The molecule has 10 heterocycles. The molecule has 0 fully saturated rings. The van der Waals surface area contributed by atoms with Crippen molar-refractivity contribution in [2.24, 2.45) is 0 Å². The van der Waals surface area contributed by atoms with Crippen LogP contribution in [0.4, 0.5) is 0 Å². The summed E-state index contributed by atoms with van der Waals surface area (Å²) in [6.45, 7) is 22.0. The molecule has 10 rings (SSSR count). The van der Waals surface area contributed by atoms with Crippen molar-refractivity contribution in [1.29, 1.82) is 0 Å². The maximum absolute atomic E-state index is 11.4. The molecule has 0 saturated carbocycles. The molecule has 4 unspecified atom stereocenters. The molecule has 89 heavy (non-hydrogen) atoms. The van der Waals surface area contributed by atoms with Crippen LogP contribution in [0.15, 0.2) is 48.5 Å². The number of fused-ring (bicyclic) bond motifs is 16. The number of aliphatic carboxylic acids is 4. The normalized spacial score (nSPS) is 14.6. The van der Waals surface area contributed by atoms with Gasteiger partial charge >= 0.3 is 21.1 Å². The summed E-state index contributed by atoms with van der Waals surface area (Å²) in [4.78, 5) is 79.0. The van der Waals surface area contributed by atoms with Gasteiger partial charge in [0.15, 0.2) is 0 Å². The summed E-state index contributed by atoms with van der Waals surface area (Å²) in [7, 11) is 0. The number of carbonyl (C=O) groups is 4. The van der Waals surface area contributed by atoms with Crippen molar-refractivity contribution in [3.05, 3.63) is 139 Å². The summed E-state index contributed by atoms with van der Waals surface area (Å²) >= 11 is 0. The van der Waals surface area contributed by atoms with Gasteiger partial charge in [0.25, 0.3) is 0 Å². The number of aliphatic hydroxyl groups is 4. The number of carboxylic acid groups (broad SMARTS) is 4. The second-order valence-corrected chi connectivity index (χ2v) is 23.3. The molecule has 6 aromatic heterocycles. The summed E-state index contributed by atoms with van der Waals surface area (Å²) < 4.78 is 0. The average molecular weight is 1390 g/mol. The van der Waals surface area contributed by atoms with E-state index in [1.54, 1.807) is 27.7 Å². The Hall–Kier alpha value is -8.39. The van der Waals surface area contributed by atoms with Crippen LogP contribution in [-0.4, -0.2) is 96.4 Å². The fourth-order valence-corrected chi connectivity index (χ4v) is 12.6. The van der Waals surface area contributed by atoms with Crippen molar-refractivity contribution in [2.45, 2.75) is 159 Å². The molecule has 6 aromatic rings. The molecule has 16 bridgehead atoms. The van der Waals surface area contributed by atoms with E-state index in [4.69, 9.17) is 19.9 Å². The Kier molecular flexibility index (Phi) is 20.0. The molecular weight excluding hydrogens is 1320 g/mol. The third kappa shape index (κ3) is 13.6. The summed E-state index contributed by atoms with van der Waals surface area (Å²) in [6, 6.07) is 14.8. The number of carboxylic acids is 4. The zero-order valence-corrected chi connectivity index (χ0v) is 54.0. The molecule has 0 saturated heterocycles. The number of H-pyrrole nitrogens is 4. The zero-order chi connectivity index (χ0) is 64.1. The molecule has 4 aliphatic rings. The van der Waals surface area contributed by atoms with Gasteiger partial charge < -0.3 is 80.0 Å². The number of carbonyl (C=O) groups excluding carboxylic acids is 4.